The van der Waals surface area contributed by atoms with E-state index in [4.69, 9.17) is 32.5 Å². The van der Waals surface area contributed by atoms with Crippen molar-refractivity contribution < 1.29 is 23.0 Å². The van der Waals surface area contributed by atoms with E-state index in [0.29, 0.717) is 11.1 Å². The smallest absolute Gasteiger partial charge is 0.310 e. The number of carbonyl (C=O) groups excluding carboxylic acids is 1. The molecule has 4 rings (SSSR count). The molecule has 3 heterocycles. The first-order valence-electron chi connectivity index (χ1n) is 9.09. The predicted molar refractivity (Wildman–Crippen MR) is 107 cm³/mol. The minimum Gasteiger partial charge on any atom is -0.487 e. The maximum atomic E-state index is 15.3. The lowest BCUT2D eigenvalue weighted by atomic mass is 9.73. The molecule has 1 unspecified atom stereocenters. The lowest BCUT2D eigenvalue weighted by molar-refractivity contribution is -0.148. The number of alkyl halides is 2. The average Bonchev–Trinajstić information content (AvgIpc) is 2.64. The zero-order chi connectivity index (χ0) is 21.9. The van der Waals surface area contributed by atoms with Crippen molar-refractivity contribution in [1.29, 1.82) is 0 Å². The maximum Gasteiger partial charge on any atom is 0.310 e. The van der Waals surface area contributed by atoms with Crippen LogP contribution in [0.15, 0.2) is 35.5 Å². The third-order valence-electron chi connectivity index (χ3n) is 5.20. The number of nitrogens with zero attached hydrogens (tertiary/aromatic N) is 2. The molecule has 0 fully saturated rings. The van der Waals surface area contributed by atoms with E-state index in [1.54, 1.807) is 26.0 Å². The number of amidine groups is 1. The number of pyridine rings is 1. The lowest BCUT2D eigenvalue weighted by Crippen LogP contribution is -2.58. The largest absolute Gasteiger partial charge is 0.487 e. The van der Waals surface area contributed by atoms with E-state index in [9.17, 15) is 4.79 Å². The number of rotatable bonds is 2. The van der Waals surface area contributed by atoms with Gasteiger partial charge in [0.1, 0.15) is 17.0 Å². The molecule has 0 aliphatic carbocycles. The standard InChI is InChI=1S/C20H19ClF2N4O3/c1-18(2)8-19(20(22,23)9-29-17(25)27-19)13-5-10(3-4-14(13)30-18)12-6-11(21)7-26-15(12)16(24)28/h3-7H,8-9H2,1-2H3,(H2,24,28)(H2,25,27). The van der Waals surface area contributed by atoms with Crippen LogP contribution in [-0.2, 0) is 10.3 Å². The molecule has 0 radical (unpaired) electrons. The van der Waals surface area contributed by atoms with Crippen LogP contribution in [-0.4, -0.2) is 35.0 Å². The highest BCUT2D eigenvalue weighted by atomic mass is 35.5. The first-order chi connectivity index (χ1) is 13.9. The number of hydrogen-bond donors (Lipinski definition) is 2. The van der Waals surface area contributed by atoms with Gasteiger partial charge in [0.15, 0.2) is 12.1 Å². The summed E-state index contributed by atoms with van der Waals surface area (Å²) in [4.78, 5) is 19.9. The second kappa shape index (κ2) is 6.53. The zero-order valence-corrected chi connectivity index (χ0v) is 17.0. The third kappa shape index (κ3) is 3.13. The van der Waals surface area contributed by atoms with Crippen molar-refractivity contribution in [2.75, 3.05) is 6.61 Å². The first kappa shape index (κ1) is 20.3. The van der Waals surface area contributed by atoms with E-state index < -0.39 is 29.6 Å². The fourth-order valence-corrected chi connectivity index (χ4v) is 4.18. The molecule has 0 saturated heterocycles. The summed E-state index contributed by atoms with van der Waals surface area (Å²) >= 11 is 6.04. The molecule has 0 saturated carbocycles. The van der Waals surface area contributed by atoms with Gasteiger partial charge in [0.05, 0.1) is 5.02 Å². The Balaban J connectivity index is 1.99. The highest BCUT2D eigenvalue weighted by molar-refractivity contribution is 6.30. The van der Waals surface area contributed by atoms with Gasteiger partial charge in [0.25, 0.3) is 11.9 Å². The van der Waals surface area contributed by atoms with E-state index in [0.717, 1.165) is 0 Å². The number of aromatic nitrogens is 1. The third-order valence-corrected chi connectivity index (χ3v) is 5.41. The summed E-state index contributed by atoms with van der Waals surface area (Å²) in [5.41, 5.74) is 9.02. The minimum atomic E-state index is -3.36. The van der Waals surface area contributed by atoms with E-state index in [1.165, 1.54) is 18.3 Å². The molecule has 30 heavy (non-hydrogen) atoms. The van der Waals surface area contributed by atoms with Crippen molar-refractivity contribution in [2.45, 2.75) is 37.3 Å². The quantitative estimate of drug-likeness (QED) is 0.750. The van der Waals surface area contributed by atoms with Crippen LogP contribution >= 0.6 is 11.6 Å². The summed E-state index contributed by atoms with van der Waals surface area (Å²) in [5.74, 6) is -3.89. The van der Waals surface area contributed by atoms with E-state index in [2.05, 4.69) is 9.98 Å². The van der Waals surface area contributed by atoms with Gasteiger partial charge in [-0.3, -0.25) is 4.79 Å². The Labute approximate surface area is 176 Å². The van der Waals surface area contributed by atoms with Gasteiger partial charge < -0.3 is 20.9 Å². The Morgan fingerprint density at radius 3 is 2.70 bits per heavy atom. The highest BCUT2D eigenvalue weighted by Gasteiger charge is 2.63. The van der Waals surface area contributed by atoms with Crippen molar-refractivity contribution in [2.24, 2.45) is 16.5 Å². The van der Waals surface area contributed by atoms with Crippen molar-refractivity contribution >= 4 is 23.5 Å². The summed E-state index contributed by atoms with van der Waals surface area (Å²) in [6.45, 7) is 2.50. The first-order valence-corrected chi connectivity index (χ1v) is 9.47. The molecule has 10 heteroatoms. The van der Waals surface area contributed by atoms with Crippen LogP contribution in [0.3, 0.4) is 0 Å². The van der Waals surface area contributed by atoms with Crippen LogP contribution in [0.5, 0.6) is 5.75 Å². The maximum absolute atomic E-state index is 15.3. The number of benzene rings is 1. The number of halogens is 3. The number of hydrogen-bond acceptors (Lipinski definition) is 6. The predicted octanol–water partition coefficient (Wildman–Crippen LogP) is 3.24. The number of aliphatic imine (C=N–C) groups is 1. The Hall–Kier alpha value is -2.94. The molecule has 1 atom stereocenters. The Morgan fingerprint density at radius 1 is 1.27 bits per heavy atom. The van der Waals surface area contributed by atoms with Crippen molar-refractivity contribution in [3.63, 3.8) is 0 Å². The van der Waals surface area contributed by atoms with Crippen molar-refractivity contribution in [3.05, 3.63) is 46.7 Å². The van der Waals surface area contributed by atoms with Gasteiger partial charge in [-0.1, -0.05) is 17.7 Å². The molecule has 2 aliphatic heterocycles. The Morgan fingerprint density at radius 2 is 2.00 bits per heavy atom. The summed E-state index contributed by atoms with van der Waals surface area (Å²) in [5, 5.41) is 0.262. The number of amides is 1. The normalized spacial score (nSPS) is 23.7. The van der Waals surface area contributed by atoms with Gasteiger partial charge in [-0.2, -0.15) is 8.78 Å². The van der Waals surface area contributed by atoms with Gasteiger partial charge in [0, 0.05) is 23.7 Å². The second-order valence-electron chi connectivity index (χ2n) is 7.97. The van der Waals surface area contributed by atoms with E-state index in [1.807, 2.05) is 0 Å². The Kier molecular flexibility index (Phi) is 4.43. The topological polar surface area (TPSA) is 113 Å². The van der Waals surface area contributed by atoms with Crippen LogP contribution in [0.4, 0.5) is 8.78 Å². The monoisotopic (exact) mass is 436 g/mol. The summed E-state index contributed by atoms with van der Waals surface area (Å²) in [6.07, 6.45) is 1.15. The Bertz CT molecular complexity index is 1090. The van der Waals surface area contributed by atoms with Crippen LogP contribution in [0, 0.1) is 0 Å². The molecule has 0 bridgehead atoms. The fraction of sp³-hybridized carbons (Fsp3) is 0.350. The van der Waals surface area contributed by atoms with Gasteiger partial charge in [-0.05, 0) is 37.6 Å². The molecular weight excluding hydrogens is 418 g/mol. The van der Waals surface area contributed by atoms with Crippen molar-refractivity contribution in [1.82, 2.24) is 4.98 Å². The lowest BCUT2D eigenvalue weighted by Gasteiger charge is -2.48. The van der Waals surface area contributed by atoms with Crippen molar-refractivity contribution in [3.8, 4) is 16.9 Å². The van der Waals surface area contributed by atoms with Crippen LogP contribution < -0.4 is 16.2 Å². The molecule has 1 aromatic heterocycles. The van der Waals surface area contributed by atoms with Crippen LogP contribution in [0.25, 0.3) is 11.1 Å². The average molecular weight is 437 g/mol. The summed E-state index contributed by atoms with van der Waals surface area (Å²) < 4.78 is 41.4. The SMILES string of the molecule is CC1(C)CC2(N=C(N)OCC2(F)F)c2cc(-c3cc(Cl)cnc3C(N)=O)ccc2O1. The minimum absolute atomic E-state index is 0.0350. The molecule has 158 valence electrons. The highest BCUT2D eigenvalue weighted by Crippen LogP contribution is 2.55. The number of carbonyl (C=O) groups is 1. The summed E-state index contributed by atoms with van der Waals surface area (Å²) in [7, 11) is 0. The molecule has 4 N–H and O–H groups in total. The second-order valence-corrected chi connectivity index (χ2v) is 8.40. The zero-order valence-electron chi connectivity index (χ0n) is 16.2. The number of primary amides is 1. The molecular formula is C20H19ClF2N4O3. The molecule has 1 aromatic carbocycles. The molecule has 2 aliphatic rings. The van der Waals surface area contributed by atoms with E-state index >= 15 is 8.78 Å². The van der Waals surface area contributed by atoms with Gasteiger partial charge in [0.2, 0.25) is 0 Å². The molecule has 2 aromatic rings. The van der Waals surface area contributed by atoms with Crippen LogP contribution in [0.2, 0.25) is 5.02 Å². The summed E-state index contributed by atoms with van der Waals surface area (Å²) in [6, 6.07) is 5.84. The molecule has 1 spiro atoms. The number of fused-ring (bicyclic) bond motifs is 2. The number of ether oxygens (including phenoxy) is 2. The van der Waals surface area contributed by atoms with E-state index in [-0.39, 0.29) is 34.5 Å². The fourth-order valence-electron chi connectivity index (χ4n) is 4.02. The number of nitrogens with two attached hydrogens (primary N) is 2. The van der Waals surface area contributed by atoms with Gasteiger partial charge >= 0.3 is 5.92 Å². The van der Waals surface area contributed by atoms with Gasteiger partial charge in [-0.15, -0.1) is 0 Å². The molecule has 7 nitrogen and oxygen atoms in total. The van der Waals surface area contributed by atoms with Crippen LogP contribution in [0.1, 0.15) is 36.3 Å². The van der Waals surface area contributed by atoms with Gasteiger partial charge in [-0.25, -0.2) is 9.98 Å². The molecule has 1 amide bonds.